The second-order valence-electron chi connectivity index (χ2n) is 5.94. The molecule has 1 aliphatic heterocycles. The fraction of sp³-hybridized carbons (Fsp3) is 0.923. The lowest BCUT2D eigenvalue weighted by molar-refractivity contribution is -0.0197. The van der Waals surface area contributed by atoms with Crippen molar-refractivity contribution in [2.24, 2.45) is 0 Å². The molecular formula is C13H25NO3S. The summed E-state index contributed by atoms with van der Waals surface area (Å²) in [7, 11) is 0. The molecule has 1 unspecified atom stereocenters. The van der Waals surface area contributed by atoms with E-state index in [4.69, 9.17) is 9.47 Å². The maximum Gasteiger partial charge on any atom is 0.410 e. The number of ether oxygens (including phenoxy) is 2. The lowest BCUT2D eigenvalue weighted by Gasteiger charge is -2.27. The van der Waals surface area contributed by atoms with Crippen molar-refractivity contribution in [2.45, 2.75) is 45.3 Å². The fourth-order valence-corrected chi connectivity index (χ4v) is 2.15. The molecule has 0 spiro atoms. The van der Waals surface area contributed by atoms with Crippen LogP contribution in [0.25, 0.3) is 0 Å². The number of likely N-dealkylation sites (tertiary alicyclic amines) is 1. The normalized spacial score (nSPS) is 24.4. The molecule has 1 atom stereocenters. The van der Waals surface area contributed by atoms with E-state index in [0.717, 1.165) is 18.8 Å². The standard InChI is InChI=1S/C13H25NO3S/c1-12(2,3)17-11(15)14-7-6-13(4,10-14)16-8-9-18-5/h6-10H2,1-5H3. The zero-order valence-electron chi connectivity index (χ0n) is 12.1. The van der Waals surface area contributed by atoms with Crippen molar-refractivity contribution < 1.29 is 14.3 Å². The minimum absolute atomic E-state index is 0.216. The van der Waals surface area contributed by atoms with Crippen molar-refractivity contribution in [3.63, 3.8) is 0 Å². The topological polar surface area (TPSA) is 38.8 Å². The van der Waals surface area contributed by atoms with Crippen molar-refractivity contribution in [3.8, 4) is 0 Å². The van der Waals surface area contributed by atoms with Gasteiger partial charge in [0.2, 0.25) is 0 Å². The Morgan fingerprint density at radius 2 is 2.11 bits per heavy atom. The molecule has 1 saturated heterocycles. The Labute approximate surface area is 114 Å². The number of thioether (sulfide) groups is 1. The summed E-state index contributed by atoms with van der Waals surface area (Å²) in [6, 6.07) is 0. The smallest absolute Gasteiger partial charge is 0.410 e. The van der Waals surface area contributed by atoms with E-state index in [9.17, 15) is 4.79 Å². The largest absolute Gasteiger partial charge is 0.444 e. The first-order valence-electron chi connectivity index (χ1n) is 6.37. The van der Waals surface area contributed by atoms with Crippen molar-refractivity contribution in [2.75, 3.05) is 31.7 Å². The van der Waals surface area contributed by atoms with Crippen LogP contribution in [0.5, 0.6) is 0 Å². The third kappa shape index (κ3) is 5.06. The van der Waals surface area contributed by atoms with Gasteiger partial charge in [-0.05, 0) is 40.4 Å². The van der Waals surface area contributed by atoms with Crippen LogP contribution in [0.2, 0.25) is 0 Å². The highest BCUT2D eigenvalue weighted by Gasteiger charge is 2.38. The number of hydrogen-bond donors (Lipinski definition) is 0. The Balaban J connectivity index is 2.42. The molecule has 1 fully saturated rings. The molecule has 0 radical (unpaired) electrons. The molecule has 0 bridgehead atoms. The summed E-state index contributed by atoms with van der Waals surface area (Å²) in [5, 5.41) is 0. The zero-order valence-corrected chi connectivity index (χ0v) is 12.9. The molecule has 1 heterocycles. The number of rotatable bonds is 4. The molecule has 1 amide bonds. The van der Waals surface area contributed by atoms with Gasteiger partial charge in [-0.3, -0.25) is 0 Å². The summed E-state index contributed by atoms with van der Waals surface area (Å²) < 4.78 is 11.2. The maximum atomic E-state index is 11.9. The number of carbonyl (C=O) groups excluding carboxylic acids is 1. The SMILES string of the molecule is CSCCOC1(C)CCN(C(=O)OC(C)(C)C)C1. The molecule has 0 N–H and O–H groups in total. The Hall–Kier alpha value is -0.420. The van der Waals surface area contributed by atoms with Gasteiger partial charge >= 0.3 is 6.09 Å². The molecule has 0 aromatic carbocycles. The van der Waals surface area contributed by atoms with Gasteiger partial charge in [-0.25, -0.2) is 4.79 Å². The van der Waals surface area contributed by atoms with Crippen molar-refractivity contribution in [3.05, 3.63) is 0 Å². The lowest BCUT2D eigenvalue weighted by Crippen LogP contribution is -2.39. The van der Waals surface area contributed by atoms with E-state index in [-0.39, 0.29) is 11.7 Å². The van der Waals surface area contributed by atoms with E-state index >= 15 is 0 Å². The van der Waals surface area contributed by atoms with Crippen molar-refractivity contribution in [1.82, 2.24) is 4.90 Å². The van der Waals surface area contributed by atoms with Crippen LogP contribution in [0.1, 0.15) is 34.1 Å². The highest BCUT2D eigenvalue weighted by atomic mass is 32.2. The van der Waals surface area contributed by atoms with E-state index in [0.29, 0.717) is 13.1 Å². The Kier molecular flexibility index (Phi) is 5.34. The van der Waals surface area contributed by atoms with Gasteiger partial charge in [0, 0.05) is 12.3 Å². The van der Waals surface area contributed by atoms with Gasteiger partial charge in [0.1, 0.15) is 5.60 Å². The van der Waals surface area contributed by atoms with Gasteiger partial charge in [0.25, 0.3) is 0 Å². The first kappa shape index (κ1) is 15.6. The molecule has 0 aromatic rings. The first-order chi connectivity index (χ1) is 8.26. The van der Waals surface area contributed by atoms with Gasteiger partial charge in [-0.15, -0.1) is 0 Å². The highest BCUT2D eigenvalue weighted by Crippen LogP contribution is 2.26. The Morgan fingerprint density at radius 3 is 2.67 bits per heavy atom. The second kappa shape index (κ2) is 6.15. The van der Waals surface area contributed by atoms with Gasteiger partial charge < -0.3 is 14.4 Å². The Bertz CT molecular complexity index is 290. The molecule has 5 heteroatoms. The Morgan fingerprint density at radius 1 is 1.44 bits per heavy atom. The number of carbonyl (C=O) groups is 1. The van der Waals surface area contributed by atoms with E-state index in [1.165, 1.54) is 0 Å². The predicted molar refractivity (Wildman–Crippen MR) is 75.2 cm³/mol. The molecule has 1 aliphatic rings. The van der Waals surface area contributed by atoms with Crippen LogP contribution in [-0.2, 0) is 9.47 Å². The minimum Gasteiger partial charge on any atom is -0.444 e. The summed E-state index contributed by atoms with van der Waals surface area (Å²) in [6.45, 7) is 9.79. The molecule has 0 saturated carbocycles. The molecule has 18 heavy (non-hydrogen) atoms. The summed E-state index contributed by atoms with van der Waals surface area (Å²) in [5.74, 6) is 0.988. The summed E-state index contributed by atoms with van der Waals surface area (Å²) in [4.78, 5) is 13.7. The third-order valence-electron chi connectivity index (χ3n) is 2.83. The minimum atomic E-state index is -0.435. The fourth-order valence-electron chi connectivity index (χ4n) is 1.90. The average Bonchev–Trinajstić information content (AvgIpc) is 2.59. The van der Waals surface area contributed by atoms with Crippen LogP contribution in [0, 0.1) is 0 Å². The monoisotopic (exact) mass is 275 g/mol. The predicted octanol–water partition coefficient (Wildman–Crippen LogP) is 2.77. The molecule has 1 rings (SSSR count). The maximum absolute atomic E-state index is 11.9. The highest BCUT2D eigenvalue weighted by molar-refractivity contribution is 7.98. The quantitative estimate of drug-likeness (QED) is 0.740. The second-order valence-corrected chi connectivity index (χ2v) is 6.93. The molecule has 106 valence electrons. The van der Waals surface area contributed by atoms with Crippen molar-refractivity contribution in [1.29, 1.82) is 0 Å². The van der Waals surface area contributed by atoms with E-state index in [1.54, 1.807) is 16.7 Å². The molecule has 0 aromatic heterocycles. The summed E-state index contributed by atoms with van der Waals surface area (Å²) in [6.07, 6.45) is 2.70. The third-order valence-corrected chi connectivity index (χ3v) is 3.40. The number of amides is 1. The van der Waals surface area contributed by atoms with Crippen LogP contribution in [0.3, 0.4) is 0 Å². The first-order valence-corrected chi connectivity index (χ1v) is 7.76. The number of hydrogen-bond acceptors (Lipinski definition) is 4. The average molecular weight is 275 g/mol. The van der Waals surface area contributed by atoms with E-state index in [2.05, 4.69) is 13.2 Å². The zero-order chi connectivity index (χ0) is 13.8. The molecular weight excluding hydrogens is 250 g/mol. The lowest BCUT2D eigenvalue weighted by atomic mass is 10.1. The number of nitrogens with zero attached hydrogens (tertiary/aromatic N) is 1. The van der Waals surface area contributed by atoms with Gasteiger partial charge in [-0.1, -0.05) is 0 Å². The van der Waals surface area contributed by atoms with Crippen molar-refractivity contribution >= 4 is 17.9 Å². The molecule has 0 aliphatic carbocycles. The van der Waals surface area contributed by atoms with Gasteiger partial charge in [0.15, 0.2) is 0 Å². The van der Waals surface area contributed by atoms with Crippen LogP contribution >= 0.6 is 11.8 Å². The van der Waals surface area contributed by atoms with E-state index in [1.807, 2.05) is 20.8 Å². The van der Waals surface area contributed by atoms with Gasteiger partial charge in [-0.2, -0.15) is 11.8 Å². The molecule has 4 nitrogen and oxygen atoms in total. The van der Waals surface area contributed by atoms with Crippen LogP contribution in [-0.4, -0.2) is 53.9 Å². The summed E-state index contributed by atoms with van der Waals surface area (Å²) >= 11 is 1.77. The van der Waals surface area contributed by atoms with Crippen LogP contribution in [0.4, 0.5) is 4.79 Å². The van der Waals surface area contributed by atoms with Crippen LogP contribution < -0.4 is 0 Å². The van der Waals surface area contributed by atoms with E-state index < -0.39 is 5.60 Å². The van der Waals surface area contributed by atoms with Crippen LogP contribution in [0.15, 0.2) is 0 Å². The summed E-state index contributed by atoms with van der Waals surface area (Å²) in [5.41, 5.74) is -0.650. The van der Waals surface area contributed by atoms with Gasteiger partial charge in [0.05, 0.1) is 18.8 Å².